The summed E-state index contributed by atoms with van der Waals surface area (Å²) in [5.41, 5.74) is 1.57. The summed E-state index contributed by atoms with van der Waals surface area (Å²) in [6.07, 6.45) is 1.56. The van der Waals surface area contributed by atoms with Crippen molar-refractivity contribution < 1.29 is 4.74 Å². The fourth-order valence-corrected chi connectivity index (χ4v) is 1.35. The van der Waals surface area contributed by atoms with Crippen LogP contribution in [0, 0.1) is 0 Å². The smallest absolute Gasteiger partial charge is 0.335 e. The maximum absolute atomic E-state index is 5.87. The highest BCUT2D eigenvalue weighted by Crippen LogP contribution is 2.20. The number of halogens is 1. The molecular formula is C10H8ClN3O. The molecule has 0 saturated carbocycles. The third kappa shape index (κ3) is 2.22. The van der Waals surface area contributed by atoms with Gasteiger partial charge in [-0.1, -0.05) is 28.8 Å². The van der Waals surface area contributed by atoms with Gasteiger partial charge in [0.05, 0.1) is 19.0 Å². The van der Waals surface area contributed by atoms with Gasteiger partial charge in [-0.15, -0.1) is 0 Å². The summed E-state index contributed by atoms with van der Waals surface area (Å²) >= 11 is 5.87. The Hall–Kier alpha value is -1.68. The second kappa shape index (κ2) is 4.23. The Kier molecular flexibility index (Phi) is 2.78. The molecular weight excluding hydrogens is 214 g/mol. The highest BCUT2D eigenvalue weighted by atomic mass is 35.5. The van der Waals surface area contributed by atoms with Crippen molar-refractivity contribution in [2.75, 3.05) is 7.11 Å². The van der Waals surface area contributed by atoms with Gasteiger partial charge in [0.1, 0.15) is 0 Å². The molecule has 0 radical (unpaired) electrons. The molecule has 0 unspecified atom stereocenters. The van der Waals surface area contributed by atoms with Crippen molar-refractivity contribution in [3.8, 4) is 17.3 Å². The van der Waals surface area contributed by atoms with E-state index in [4.69, 9.17) is 16.3 Å². The molecule has 0 atom stereocenters. The molecule has 2 aromatic rings. The first kappa shape index (κ1) is 9.86. The summed E-state index contributed by atoms with van der Waals surface area (Å²) in [7, 11) is 1.50. The summed E-state index contributed by atoms with van der Waals surface area (Å²) < 4.78 is 4.89. The Labute approximate surface area is 91.9 Å². The number of hydrogen-bond acceptors (Lipinski definition) is 4. The molecule has 1 aromatic carbocycles. The fourth-order valence-electron chi connectivity index (χ4n) is 1.16. The minimum atomic E-state index is 0.243. The van der Waals surface area contributed by atoms with Gasteiger partial charge in [-0.25, -0.2) is 0 Å². The Morgan fingerprint density at radius 1 is 1.33 bits per heavy atom. The topological polar surface area (TPSA) is 47.9 Å². The summed E-state index contributed by atoms with van der Waals surface area (Å²) in [6, 6.07) is 7.61. The maximum atomic E-state index is 5.87. The first-order chi connectivity index (χ1) is 7.29. The van der Waals surface area contributed by atoms with E-state index in [9.17, 15) is 0 Å². The molecule has 1 aromatic heterocycles. The second-order valence-electron chi connectivity index (χ2n) is 2.84. The fraction of sp³-hybridized carbons (Fsp3) is 0.100. The average molecular weight is 222 g/mol. The third-order valence-electron chi connectivity index (χ3n) is 1.84. The molecule has 0 spiro atoms. The van der Waals surface area contributed by atoms with Crippen LogP contribution in [0.25, 0.3) is 11.3 Å². The zero-order valence-electron chi connectivity index (χ0n) is 8.01. The summed E-state index contributed by atoms with van der Waals surface area (Å²) in [4.78, 5) is 4.15. The van der Waals surface area contributed by atoms with Gasteiger partial charge in [0.15, 0.2) is 0 Å². The number of ether oxygens (including phenoxy) is 1. The lowest BCUT2D eigenvalue weighted by Crippen LogP contribution is -1.95. The van der Waals surface area contributed by atoms with Crippen LogP contribution in [0.5, 0.6) is 6.01 Å². The van der Waals surface area contributed by atoms with E-state index in [0.717, 1.165) is 5.56 Å². The van der Waals surface area contributed by atoms with Crippen molar-refractivity contribution >= 4 is 11.6 Å². The minimum Gasteiger partial charge on any atom is -0.466 e. The quantitative estimate of drug-likeness (QED) is 0.780. The SMILES string of the molecule is COc1nncc(-c2cccc(Cl)c2)n1. The highest BCUT2D eigenvalue weighted by molar-refractivity contribution is 6.30. The molecule has 0 aliphatic heterocycles. The lowest BCUT2D eigenvalue weighted by molar-refractivity contribution is 0.374. The highest BCUT2D eigenvalue weighted by Gasteiger charge is 2.03. The van der Waals surface area contributed by atoms with Crippen molar-refractivity contribution in [3.05, 3.63) is 35.5 Å². The molecule has 0 saturated heterocycles. The van der Waals surface area contributed by atoms with Gasteiger partial charge in [-0.05, 0) is 12.1 Å². The van der Waals surface area contributed by atoms with Gasteiger partial charge in [0.25, 0.3) is 0 Å². The van der Waals surface area contributed by atoms with Crippen LogP contribution in [-0.4, -0.2) is 22.3 Å². The molecule has 76 valence electrons. The van der Waals surface area contributed by atoms with E-state index in [0.29, 0.717) is 10.7 Å². The number of nitrogens with zero attached hydrogens (tertiary/aromatic N) is 3. The largest absolute Gasteiger partial charge is 0.466 e. The van der Waals surface area contributed by atoms with Gasteiger partial charge in [-0.3, -0.25) is 0 Å². The molecule has 1 heterocycles. The second-order valence-corrected chi connectivity index (χ2v) is 3.28. The summed E-state index contributed by atoms with van der Waals surface area (Å²) in [5.74, 6) is 0. The zero-order chi connectivity index (χ0) is 10.7. The number of rotatable bonds is 2. The van der Waals surface area contributed by atoms with Gasteiger partial charge >= 0.3 is 6.01 Å². The van der Waals surface area contributed by atoms with Gasteiger partial charge in [-0.2, -0.15) is 10.1 Å². The average Bonchev–Trinajstić information content (AvgIpc) is 2.29. The molecule has 0 N–H and O–H groups in total. The van der Waals surface area contributed by atoms with E-state index in [2.05, 4.69) is 15.2 Å². The van der Waals surface area contributed by atoms with E-state index in [1.54, 1.807) is 12.3 Å². The van der Waals surface area contributed by atoms with Crippen LogP contribution in [0.4, 0.5) is 0 Å². The first-order valence-corrected chi connectivity index (χ1v) is 4.67. The van der Waals surface area contributed by atoms with Crippen molar-refractivity contribution in [2.24, 2.45) is 0 Å². The number of methoxy groups -OCH3 is 1. The Bertz CT molecular complexity index is 476. The molecule has 4 nitrogen and oxygen atoms in total. The Balaban J connectivity index is 2.44. The standard InChI is InChI=1S/C10H8ClN3O/c1-15-10-13-9(6-12-14-10)7-3-2-4-8(11)5-7/h2-6H,1H3. The summed E-state index contributed by atoms with van der Waals surface area (Å²) in [5, 5.41) is 8.13. The summed E-state index contributed by atoms with van der Waals surface area (Å²) in [6.45, 7) is 0. The molecule has 0 aliphatic rings. The van der Waals surface area contributed by atoms with E-state index in [1.807, 2.05) is 18.2 Å². The van der Waals surface area contributed by atoms with Crippen molar-refractivity contribution in [2.45, 2.75) is 0 Å². The van der Waals surface area contributed by atoms with E-state index in [-0.39, 0.29) is 6.01 Å². The maximum Gasteiger partial charge on any atom is 0.335 e. The molecule has 0 aliphatic carbocycles. The molecule has 5 heteroatoms. The van der Waals surface area contributed by atoms with Gasteiger partial charge < -0.3 is 4.74 Å². The third-order valence-corrected chi connectivity index (χ3v) is 2.08. The van der Waals surface area contributed by atoms with E-state index < -0.39 is 0 Å². The van der Waals surface area contributed by atoms with Gasteiger partial charge in [0.2, 0.25) is 0 Å². The van der Waals surface area contributed by atoms with E-state index >= 15 is 0 Å². The molecule has 0 bridgehead atoms. The molecule has 2 rings (SSSR count). The van der Waals surface area contributed by atoms with Gasteiger partial charge in [0, 0.05) is 10.6 Å². The Morgan fingerprint density at radius 2 is 2.20 bits per heavy atom. The van der Waals surface area contributed by atoms with Crippen molar-refractivity contribution in [3.63, 3.8) is 0 Å². The van der Waals surface area contributed by atoms with Crippen LogP contribution in [-0.2, 0) is 0 Å². The molecule has 15 heavy (non-hydrogen) atoms. The lowest BCUT2D eigenvalue weighted by atomic mass is 10.2. The predicted molar refractivity (Wildman–Crippen MR) is 56.8 cm³/mol. The molecule has 0 fully saturated rings. The first-order valence-electron chi connectivity index (χ1n) is 4.29. The number of hydrogen-bond donors (Lipinski definition) is 0. The van der Waals surface area contributed by atoms with Crippen LogP contribution < -0.4 is 4.74 Å². The van der Waals surface area contributed by atoms with Crippen molar-refractivity contribution in [1.82, 2.24) is 15.2 Å². The van der Waals surface area contributed by atoms with Crippen LogP contribution in [0.3, 0.4) is 0 Å². The normalized spacial score (nSPS) is 10.0. The van der Waals surface area contributed by atoms with Crippen LogP contribution in [0.1, 0.15) is 0 Å². The van der Waals surface area contributed by atoms with Crippen LogP contribution >= 0.6 is 11.6 Å². The lowest BCUT2D eigenvalue weighted by Gasteiger charge is -2.01. The monoisotopic (exact) mass is 221 g/mol. The van der Waals surface area contributed by atoms with Crippen molar-refractivity contribution in [1.29, 1.82) is 0 Å². The van der Waals surface area contributed by atoms with Crippen LogP contribution in [0.2, 0.25) is 5.02 Å². The Morgan fingerprint density at radius 3 is 2.93 bits per heavy atom. The number of aromatic nitrogens is 3. The minimum absolute atomic E-state index is 0.243. The zero-order valence-corrected chi connectivity index (χ0v) is 8.77. The predicted octanol–water partition coefficient (Wildman–Crippen LogP) is 2.20. The van der Waals surface area contributed by atoms with E-state index in [1.165, 1.54) is 7.11 Å². The number of benzene rings is 1. The van der Waals surface area contributed by atoms with Crippen LogP contribution in [0.15, 0.2) is 30.5 Å². The molecule has 0 amide bonds.